The third kappa shape index (κ3) is 5.01. The molecule has 0 spiro atoms. The molecule has 0 amide bonds. The quantitative estimate of drug-likeness (QED) is 0.529. The van der Waals surface area contributed by atoms with Crippen LogP contribution in [0.3, 0.4) is 0 Å². The van der Waals surface area contributed by atoms with Crippen LogP contribution in [0.5, 0.6) is 0 Å². The van der Waals surface area contributed by atoms with Gasteiger partial charge in [0.2, 0.25) is 0 Å². The predicted octanol–water partition coefficient (Wildman–Crippen LogP) is 6.84. The Hall–Kier alpha value is -1.62. The fourth-order valence-electron chi connectivity index (χ4n) is 4.53. The standard InChI is InChI=1S/C21H26F3NO.CH4/c1-14-11-15(5-4-10-26-2)13-16(12-14)17-7-8-19(21(22,23)24)20-18(17)6-3-9-25-20;/h3,6-9,14-16H,4-5,10-13H2,1-2H3;1H4/t14-,15+,16+;/m0./s1. The number of benzene rings is 1. The molecule has 0 radical (unpaired) electrons. The number of nitrogens with zero attached hydrogens (tertiary/aromatic N) is 1. The van der Waals surface area contributed by atoms with Crippen LogP contribution in [0.2, 0.25) is 0 Å². The molecule has 1 aromatic carbocycles. The topological polar surface area (TPSA) is 22.1 Å². The summed E-state index contributed by atoms with van der Waals surface area (Å²) in [6.45, 7) is 3.02. The van der Waals surface area contributed by atoms with Crippen LogP contribution < -0.4 is 0 Å². The van der Waals surface area contributed by atoms with Crippen LogP contribution in [0, 0.1) is 11.8 Å². The molecule has 0 N–H and O–H groups in total. The fourth-order valence-corrected chi connectivity index (χ4v) is 4.53. The van der Waals surface area contributed by atoms with E-state index in [0.29, 0.717) is 23.1 Å². The van der Waals surface area contributed by atoms with E-state index < -0.39 is 11.7 Å². The predicted molar refractivity (Wildman–Crippen MR) is 104 cm³/mol. The van der Waals surface area contributed by atoms with E-state index in [0.717, 1.165) is 37.9 Å². The minimum absolute atomic E-state index is 0. The lowest BCUT2D eigenvalue weighted by Crippen LogP contribution is -2.21. The molecule has 3 atom stereocenters. The van der Waals surface area contributed by atoms with E-state index in [1.165, 1.54) is 18.7 Å². The summed E-state index contributed by atoms with van der Waals surface area (Å²) in [5.74, 6) is 1.48. The zero-order valence-corrected chi connectivity index (χ0v) is 15.4. The van der Waals surface area contributed by atoms with Crippen molar-refractivity contribution in [1.82, 2.24) is 4.98 Å². The van der Waals surface area contributed by atoms with Gasteiger partial charge in [0, 0.05) is 25.3 Å². The molecule has 1 aliphatic carbocycles. The highest BCUT2D eigenvalue weighted by Gasteiger charge is 2.35. The molecule has 1 fully saturated rings. The minimum atomic E-state index is -4.38. The average molecular weight is 381 g/mol. The first kappa shape index (κ1) is 21.7. The van der Waals surface area contributed by atoms with E-state index in [1.807, 2.05) is 0 Å². The van der Waals surface area contributed by atoms with Crippen molar-refractivity contribution in [3.8, 4) is 0 Å². The highest BCUT2D eigenvalue weighted by atomic mass is 19.4. The number of alkyl halides is 3. The van der Waals surface area contributed by atoms with E-state index >= 15 is 0 Å². The molecule has 2 nitrogen and oxygen atoms in total. The molecule has 1 heterocycles. The van der Waals surface area contributed by atoms with Gasteiger partial charge in [-0.3, -0.25) is 4.98 Å². The van der Waals surface area contributed by atoms with Gasteiger partial charge in [-0.15, -0.1) is 0 Å². The van der Waals surface area contributed by atoms with Crippen molar-refractivity contribution in [1.29, 1.82) is 0 Å². The van der Waals surface area contributed by atoms with Gasteiger partial charge in [0.1, 0.15) is 0 Å². The van der Waals surface area contributed by atoms with Crippen LogP contribution in [0.1, 0.15) is 63.5 Å². The first-order valence-corrected chi connectivity index (χ1v) is 9.34. The van der Waals surface area contributed by atoms with Crippen molar-refractivity contribution < 1.29 is 17.9 Å². The molecule has 150 valence electrons. The number of hydrogen-bond acceptors (Lipinski definition) is 2. The molecule has 1 aliphatic rings. The molecule has 5 heteroatoms. The first-order chi connectivity index (χ1) is 12.4. The van der Waals surface area contributed by atoms with Crippen LogP contribution in [-0.2, 0) is 10.9 Å². The molecule has 0 unspecified atom stereocenters. The Labute approximate surface area is 160 Å². The normalized spacial score (nSPS) is 23.2. The van der Waals surface area contributed by atoms with Crippen LogP contribution in [0.4, 0.5) is 13.2 Å². The summed E-state index contributed by atoms with van der Waals surface area (Å²) in [6.07, 6.45) is 2.46. The maximum absolute atomic E-state index is 13.3. The average Bonchev–Trinajstić information content (AvgIpc) is 2.59. The number of halogens is 3. The maximum Gasteiger partial charge on any atom is 0.418 e. The molecule has 3 rings (SSSR count). The SMILES string of the molecule is C.COCCC[C@@H]1C[C@H](C)C[C@@H](c2ccc(C(F)(F)F)c3ncccc23)C1. The van der Waals surface area contributed by atoms with Crippen LogP contribution in [0.15, 0.2) is 30.5 Å². The lowest BCUT2D eigenvalue weighted by Gasteiger charge is -2.34. The highest BCUT2D eigenvalue weighted by molar-refractivity contribution is 5.86. The Morgan fingerprint density at radius 3 is 2.63 bits per heavy atom. The van der Waals surface area contributed by atoms with Crippen molar-refractivity contribution in [2.24, 2.45) is 11.8 Å². The molecule has 1 saturated carbocycles. The summed E-state index contributed by atoms with van der Waals surface area (Å²) in [4.78, 5) is 4.07. The van der Waals surface area contributed by atoms with Crippen LogP contribution in [0.25, 0.3) is 10.9 Å². The second-order valence-corrected chi connectivity index (χ2v) is 7.61. The minimum Gasteiger partial charge on any atom is -0.385 e. The fraction of sp³-hybridized carbons (Fsp3) is 0.591. The van der Waals surface area contributed by atoms with Crippen molar-refractivity contribution >= 4 is 10.9 Å². The van der Waals surface area contributed by atoms with Gasteiger partial charge in [-0.05, 0) is 67.6 Å². The lowest BCUT2D eigenvalue weighted by molar-refractivity contribution is -0.136. The molecule has 0 bridgehead atoms. The van der Waals surface area contributed by atoms with E-state index in [4.69, 9.17) is 4.74 Å². The Morgan fingerprint density at radius 2 is 1.93 bits per heavy atom. The number of rotatable bonds is 5. The molecule has 1 aromatic heterocycles. The zero-order chi connectivity index (χ0) is 18.7. The van der Waals surface area contributed by atoms with Gasteiger partial charge in [0.05, 0.1) is 11.1 Å². The van der Waals surface area contributed by atoms with Gasteiger partial charge in [-0.25, -0.2) is 0 Å². The molecule has 2 aromatic rings. The highest BCUT2D eigenvalue weighted by Crippen LogP contribution is 2.44. The third-order valence-electron chi connectivity index (χ3n) is 5.55. The summed E-state index contributed by atoms with van der Waals surface area (Å²) < 4.78 is 45.2. The summed E-state index contributed by atoms with van der Waals surface area (Å²) in [7, 11) is 1.72. The monoisotopic (exact) mass is 381 g/mol. The number of pyridine rings is 1. The zero-order valence-electron chi connectivity index (χ0n) is 15.4. The number of fused-ring (bicyclic) bond motifs is 1. The van der Waals surface area contributed by atoms with Crippen molar-refractivity contribution in [3.05, 3.63) is 41.6 Å². The summed E-state index contributed by atoms with van der Waals surface area (Å²) >= 11 is 0. The van der Waals surface area contributed by atoms with Gasteiger partial charge in [-0.1, -0.05) is 26.5 Å². The number of methoxy groups -OCH3 is 1. The molecular weight excluding hydrogens is 351 g/mol. The summed E-state index contributed by atoms with van der Waals surface area (Å²) in [5, 5.41) is 0.650. The van der Waals surface area contributed by atoms with Crippen molar-refractivity contribution in [2.75, 3.05) is 13.7 Å². The van der Waals surface area contributed by atoms with Gasteiger partial charge in [0.25, 0.3) is 0 Å². The van der Waals surface area contributed by atoms with Crippen molar-refractivity contribution in [2.45, 2.75) is 58.5 Å². The summed E-state index contributed by atoms with van der Waals surface area (Å²) in [5.41, 5.74) is 0.452. The second-order valence-electron chi connectivity index (χ2n) is 7.61. The van der Waals surface area contributed by atoms with E-state index in [2.05, 4.69) is 11.9 Å². The number of hydrogen-bond donors (Lipinski definition) is 0. The smallest absolute Gasteiger partial charge is 0.385 e. The van der Waals surface area contributed by atoms with Crippen LogP contribution in [-0.4, -0.2) is 18.7 Å². The van der Waals surface area contributed by atoms with Gasteiger partial charge in [0.15, 0.2) is 0 Å². The Kier molecular flexibility index (Phi) is 7.26. The van der Waals surface area contributed by atoms with Gasteiger partial charge in [-0.2, -0.15) is 13.2 Å². The second kappa shape index (κ2) is 9.05. The number of ether oxygens (including phenoxy) is 1. The molecule has 27 heavy (non-hydrogen) atoms. The van der Waals surface area contributed by atoms with E-state index in [1.54, 1.807) is 25.3 Å². The Bertz CT molecular complexity index is 744. The van der Waals surface area contributed by atoms with Gasteiger partial charge < -0.3 is 4.74 Å². The summed E-state index contributed by atoms with van der Waals surface area (Å²) in [6, 6.07) is 6.41. The third-order valence-corrected chi connectivity index (χ3v) is 5.55. The van der Waals surface area contributed by atoms with E-state index in [9.17, 15) is 13.2 Å². The Balaban J connectivity index is 0.00000261. The first-order valence-electron chi connectivity index (χ1n) is 9.34. The Morgan fingerprint density at radius 1 is 1.15 bits per heavy atom. The lowest BCUT2D eigenvalue weighted by atomic mass is 9.71. The maximum atomic E-state index is 13.3. The number of aromatic nitrogens is 1. The molecule has 0 saturated heterocycles. The largest absolute Gasteiger partial charge is 0.418 e. The van der Waals surface area contributed by atoms with Crippen LogP contribution >= 0.6 is 0 Å². The van der Waals surface area contributed by atoms with Gasteiger partial charge >= 0.3 is 6.18 Å². The molecule has 0 aliphatic heterocycles. The van der Waals surface area contributed by atoms with E-state index in [-0.39, 0.29) is 12.9 Å². The van der Waals surface area contributed by atoms with Crippen molar-refractivity contribution in [3.63, 3.8) is 0 Å². The molecular formula is C22H30F3NO.